The summed E-state index contributed by atoms with van der Waals surface area (Å²) in [6.07, 6.45) is 0. The lowest BCUT2D eigenvalue weighted by atomic mass is 10.00. The van der Waals surface area contributed by atoms with E-state index in [1.54, 1.807) is 6.07 Å². The van der Waals surface area contributed by atoms with Crippen molar-refractivity contribution < 1.29 is 9.84 Å². The van der Waals surface area contributed by atoms with Gasteiger partial charge < -0.3 is 9.84 Å². The van der Waals surface area contributed by atoms with Crippen LogP contribution < -0.4 is 4.74 Å². The van der Waals surface area contributed by atoms with Crippen LogP contribution in [0.25, 0.3) is 0 Å². The first kappa shape index (κ1) is 12.4. The number of hydrogen-bond donors (Lipinski definition) is 1. The number of ether oxygens (including phenoxy) is 1. The Labute approximate surface area is 99.4 Å². The number of phenolic OH excluding ortho intramolecular Hbond substituents is 1. The zero-order valence-electron chi connectivity index (χ0n) is 9.54. The van der Waals surface area contributed by atoms with E-state index >= 15 is 0 Å². The van der Waals surface area contributed by atoms with Gasteiger partial charge in [-0.15, -0.1) is 0 Å². The highest BCUT2D eigenvalue weighted by atomic mass is 79.9. The average molecular weight is 273 g/mol. The van der Waals surface area contributed by atoms with Crippen LogP contribution in [0.3, 0.4) is 0 Å². The molecule has 1 N–H and O–H groups in total. The SMILES string of the molecule is Cc1cc(OC(C)Br)c(C(C)C)cc1O. The maximum Gasteiger partial charge on any atom is 0.150 e. The first-order valence-corrected chi connectivity index (χ1v) is 5.97. The molecular formula is C12H17BrO2. The molecule has 0 heterocycles. The third-order valence-electron chi connectivity index (χ3n) is 2.24. The monoisotopic (exact) mass is 272 g/mol. The van der Waals surface area contributed by atoms with Gasteiger partial charge in [0, 0.05) is 5.56 Å². The van der Waals surface area contributed by atoms with Gasteiger partial charge >= 0.3 is 0 Å². The zero-order chi connectivity index (χ0) is 11.6. The maximum absolute atomic E-state index is 9.64. The Bertz CT molecular complexity index is 346. The van der Waals surface area contributed by atoms with Crippen LogP contribution in [-0.4, -0.2) is 10.1 Å². The maximum atomic E-state index is 9.64. The van der Waals surface area contributed by atoms with Crippen molar-refractivity contribution in [3.63, 3.8) is 0 Å². The zero-order valence-corrected chi connectivity index (χ0v) is 11.1. The molecule has 0 aliphatic rings. The lowest BCUT2D eigenvalue weighted by Gasteiger charge is -2.17. The smallest absolute Gasteiger partial charge is 0.150 e. The second kappa shape index (κ2) is 4.88. The number of aromatic hydroxyl groups is 1. The fourth-order valence-corrected chi connectivity index (χ4v) is 1.62. The summed E-state index contributed by atoms with van der Waals surface area (Å²) in [5.74, 6) is 1.50. The number of halogens is 1. The summed E-state index contributed by atoms with van der Waals surface area (Å²) >= 11 is 3.35. The van der Waals surface area contributed by atoms with Gasteiger partial charge in [-0.2, -0.15) is 0 Å². The predicted molar refractivity (Wildman–Crippen MR) is 65.9 cm³/mol. The molecule has 0 radical (unpaired) electrons. The van der Waals surface area contributed by atoms with Gasteiger partial charge in [-0.3, -0.25) is 0 Å². The summed E-state index contributed by atoms with van der Waals surface area (Å²) < 4.78 is 5.65. The Morgan fingerprint density at radius 3 is 2.33 bits per heavy atom. The number of phenols is 1. The van der Waals surface area contributed by atoms with Crippen molar-refractivity contribution in [2.24, 2.45) is 0 Å². The fraction of sp³-hybridized carbons (Fsp3) is 0.500. The standard InChI is InChI=1S/C12H17BrO2/c1-7(2)10-6-11(14)8(3)5-12(10)15-9(4)13/h5-7,9,14H,1-4H3. The minimum absolute atomic E-state index is 0.0288. The van der Waals surface area contributed by atoms with E-state index < -0.39 is 0 Å². The first-order chi connectivity index (χ1) is 6.91. The molecule has 15 heavy (non-hydrogen) atoms. The van der Waals surface area contributed by atoms with Crippen LogP contribution in [0.4, 0.5) is 0 Å². The lowest BCUT2D eigenvalue weighted by Crippen LogP contribution is -2.05. The van der Waals surface area contributed by atoms with Crippen molar-refractivity contribution in [3.8, 4) is 11.5 Å². The van der Waals surface area contributed by atoms with Crippen LogP contribution >= 0.6 is 15.9 Å². The van der Waals surface area contributed by atoms with Crippen molar-refractivity contribution in [3.05, 3.63) is 23.3 Å². The highest BCUT2D eigenvalue weighted by molar-refractivity contribution is 9.09. The minimum Gasteiger partial charge on any atom is -0.508 e. The lowest BCUT2D eigenvalue weighted by molar-refractivity contribution is 0.308. The molecule has 0 aromatic heterocycles. The third kappa shape index (κ3) is 3.13. The molecule has 0 saturated carbocycles. The van der Waals surface area contributed by atoms with E-state index in [1.807, 2.05) is 19.9 Å². The molecule has 1 aromatic carbocycles. The molecule has 1 atom stereocenters. The number of benzene rings is 1. The summed E-state index contributed by atoms with van der Waals surface area (Å²) in [5.41, 5.74) is 1.87. The second-order valence-electron chi connectivity index (χ2n) is 3.99. The molecule has 0 amide bonds. The first-order valence-electron chi connectivity index (χ1n) is 5.06. The number of aryl methyl sites for hydroxylation is 1. The quantitative estimate of drug-likeness (QED) is 0.845. The highest BCUT2D eigenvalue weighted by Gasteiger charge is 2.12. The molecule has 0 aliphatic carbocycles. The second-order valence-corrected chi connectivity index (χ2v) is 5.28. The van der Waals surface area contributed by atoms with E-state index in [9.17, 15) is 5.11 Å². The summed E-state index contributed by atoms with van der Waals surface area (Å²) in [6.45, 7) is 7.95. The van der Waals surface area contributed by atoms with Gasteiger partial charge in [-0.25, -0.2) is 0 Å². The van der Waals surface area contributed by atoms with Crippen LogP contribution in [0, 0.1) is 6.92 Å². The molecular weight excluding hydrogens is 256 g/mol. The van der Waals surface area contributed by atoms with Crippen LogP contribution in [0.1, 0.15) is 37.8 Å². The molecule has 84 valence electrons. The van der Waals surface area contributed by atoms with Crippen LogP contribution in [0.15, 0.2) is 12.1 Å². The molecule has 0 saturated heterocycles. The van der Waals surface area contributed by atoms with Gasteiger partial charge in [-0.1, -0.05) is 13.8 Å². The van der Waals surface area contributed by atoms with Crippen molar-refractivity contribution in [1.82, 2.24) is 0 Å². The van der Waals surface area contributed by atoms with E-state index in [4.69, 9.17) is 4.74 Å². The fourth-order valence-electron chi connectivity index (χ4n) is 1.41. The predicted octanol–water partition coefficient (Wildman–Crippen LogP) is 3.94. The Morgan fingerprint density at radius 1 is 1.27 bits per heavy atom. The van der Waals surface area contributed by atoms with E-state index in [0.29, 0.717) is 11.7 Å². The summed E-state index contributed by atoms with van der Waals surface area (Å²) in [7, 11) is 0. The van der Waals surface area contributed by atoms with Crippen molar-refractivity contribution in [2.45, 2.75) is 38.6 Å². The normalized spacial score (nSPS) is 12.9. The average Bonchev–Trinajstić information content (AvgIpc) is 2.09. The number of rotatable bonds is 3. The van der Waals surface area contributed by atoms with Gasteiger partial charge in [-0.05, 0) is 53.4 Å². The highest BCUT2D eigenvalue weighted by Crippen LogP contribution is 2.33. The molecule has 3 heteroatoms. The van der Waals surface area contributed by atoms with Gasteiger partial charge in [0.15, 0.2) is 5.01 Å². The van der Waals surface area contributed by atoms with Gasteiger partial charge in [0.05, 0.1) is 0 Å². The van der Waals surface area contributed by atoms with Crippen LogP contribution in [0.2, 0.25) is 0 Å². The minimum atomic E-state index is -0.0288. The van der Waals surface area contributed by atoms with E-state index in [-0.39, 0.29) is 5.01 Å². The molecule has 0 aliphatic heterocycles. The van der Waals surface area contributed by atoms with Crippen molar-refractivity contribution in [2.75, 3.05) is 0 Å². The van der Waals surface area contributed by atoms with Crippen molar-refractivity contribution >= 4 is 15.9 Å². The van der Waals surface area contributed by atoms with Crippen molar-refractivity contribution in [1.29, 1.82) is 0 Å². The molecule has 0 bridgehead atoms. The molecule has 1 unspecified atom stereocenters. The third-order valence-corrected chi connectivity index (χ3v) is 2.43. The summed E-state index contributed by atoms with van der Waals surface area (Å²) in [4.78, 5) is 0. The topological polar surface area (TPSA) is 29.5 Å². The molecule has 1 aromatic rings. The van der Waals surface area contributed by atoms with Crippen LogP contribution in [0.5, 0.6) is 11.5 Å². The Hall–Kier alpha value is -0.700. The summed E-state index contributed by atoms with van der Waals surface area (Å²) in [5, 5.41) is 9.61. The number of alkyl halides is 1. The molecule has 0 spiro atoms. The van der Waals surface area contributed by atoms with E-state index in [2.05, 4.69) is 29.8 Å². The molecule has 1 rings (SSSR count). The largest absolute Gasteiger partial charge is 0.508 e. The van der Waals surface area contributed by atoms with Gasteiger partial charge in [0.2, 0.25) is 0 Å². The summed E-state index contributed by atoms with van der Waals surface area (Å²) in [6, 6.07) is 3.66. The number of hydrogen-bond acceptors (Lipinski definition) is 2. The molecule has 2 nitrogen and oxygen atoms in total. The van der Waals surface area contributed by atoms with E-state index in [1.165, 1.54) is 0 Å². The molecule has 0 fully saturated rings. The Kier molecular flexibility index (Phi) is 4.03. The van der Waals surface area contributed by atoms with E-state index in [0.717, 1.165) is 16.9 Å². The van der Waals surface area contributed by atoms with Crippen LogP contribution in [-0.2, 0) is 0 Å². The van der Waals surface area contributed by atoms with Gasteiger partial charge in [0.1, 0.15) is 11.5 Å². The van der Waals surface area contributed by atoms with Gasteiger partial charge in [0.25, 0.3) is 0 Å². The Balaban J connectivity index is 3.16. The Morgan fingerprint density at radius 2 is 1.87 bits per heavy atom.